The number of aliphatic hydroxyl groups is 1. The fourth-order valence-corrected chi connectivity index (χ4v) is 4.38. The molecule has 0 amide bonds. The van der Waals surface area contributed by atoms with Gasteiger partial charge in [0.15, 0.2) is 0 Å². The standard InChI is InChI=1S/C25H31N3O2/c1-30-23-18-28(17-22(23)29)24-11-10-20(12-15-25(26)13-6-3-7-14-25)21(27-24)16-19-8-4-2-5-9-19/h2,4-5,8-11,22-23,29H,3,6-7,13-14,16-18,26H2,1H3/t22-,23+/m1/s1. The van der Waals surface area contributed by atoms with Crippen LogP contribution < -0.4 is 10.6 Å². The molecule has 5 nitrogen and oxygen atoms in total. The van der Waals surface area contributed by atoms with Gasteiger partial charge in [-0.25, -0.2) is 4.98 Å². The number of anilines is 1. The van der Waals surface area contributed by atoms with Crippen LogP contribution >= 0.6 is 0 Å². The first-order chi connectivity index (χ1) is 14.6. The Kier molecular flexibility index (Phi) is 6.38. The lowest BCUT2D eigenvalue weighted by Crippen LogP contribution is -2.40. The van der Waals surface area contributed by atoms with Crippen molar-refractivity contribution < 1.29 is 9.84 Å². The maximum atomic E-state index is 10.2. The highest BCUT2D eigenvalue weighted by molar-refractivity contribution is 5.50. The van der Waals surface area contributed by atoms with Gasteiger partial charge in [0.1, 0.15) is 11.9 Å². The summed E-state index contributed by atoms with van der Waals surface area (Å²) in [5.41, 5.74) is 9.23. The van der Waals surface area contributed by atoms with Crippen LogP contribution in [0.2, 0.25) is 0 Å². The fraction of sp³-hybridized carbons (Fsp3) is 0.480. The quantitative estimate of drug-likeness (QED) is 0.766. The van der Waals surface area contributed by atoms with E-state index in [-0.39, 0.29) is 11.6 Å². The zero-order chi connectivity index (χ0) is 21.0. The molecule has 0 spiro atoms. The van der Waals surface area contributed by atoms with Crippen LogP contribution in [-0.2, 0) is 11.2 Å². The Morgan fingerprint density at radius 1 is 1.13 bits per heavy atom. The van der Waals surface area contributed by atoms with Crippen LogP contribution in [0.15, 0.2) is 42.5 Å². The molecule has 1 saturated heterocycles. The number of hydrogen-bond donors (Lipinski definition) is 2. The number of β-amino-alcohol motifs (C(OH)–C–C–N with tert-alkyl or cyclic N) is 1. The van der Waals surface area contributed by atoms with Crippen molar-refractivity contribution in [2.24, 2.45) is 5.73 Å². The number of rotatable bonds is 4. The summed E-state index contributed by atoms with van der Waals surface area (Å²) in [7, 11) is 1.64. The molecule has 0 unspecified atom stereocenters. The third kappa shape index (κ3) is 4.84. The first-order valence-electron chi connectivity index (χ1n) is 10.9. The average Bonchev–Trinajstić information content (AvgIpc) is 3.15. The minimum absolute atomic E-state index is 0.188. The summed E-state index contributed by atoms with van der Waals surface area (Å²) < 4.78 is 5.39. The van der Waals surface area contributed by atoms with Crippen LogP contribution in [0.5, 0.6) is 0 Å². The third-order valence-corrected chi connectivity index (χ3v) is 6.23. The molecule has 0 bridgehead atoms. The number of ether oxygens (including phenoxy) is 1. The number of pyridine rings is 1. The van der Waals surface area contributed by atoms with Crippen LogP contribution in [0.1, 0.15) is 48.9 Å². The monoisotopic (exact) mass is 405 g/mol. The SMILES string of the molecule is CO[C@H]1CN(c2ccc(C#CC3(N)CCCCC3)c(Cc3ccccc3)n2)C[C@H]1O. The van der Waals surface area contributed by atoms with Gasteiger partial charge in [-0.05, 0) is 30.5 Å². The first kappa shape index (κ1) is 20.9. The molecule has 30 heavy (non-hydrogen) atoms. The predicted octanol–water partition coefficient (Wildman–Crippen LogP) is 2.88. The molecule has 2 heterocycles. The van der Waals surface area contributed by atoms with Crippen LogP contribution in [-0.4, -0.2) is 48.0 Å². The second-order valence-corrected chi connectivity index (χ2v) is 8.54. The van der Waals surface area contributed by atoms with Crippen LogP contribution in [0.25, 0.3) is 0 Å². The summed E-state index contributed by atoms with van der Waals surface area (Å²) in [6.07, 6.45) is 5.49. The Labute approximate surface area is 179 Å². The van der Waals surface area contributed by atoms with Gasteiger partial charge < -0.3 is 20.5 Å². The van der Waals surface area contributed by atoms with Crippen molar-refractivity contribution >= 4 is 5.82 Å². The third-order valence-electron chi connectivity index (χ3n) is 6.23. The number of aliphatic hydroxyl groups excluding tert-OH is 1. The minimum atomic E-state index is -0.503. The van der Waals surface area contributed by atoms with Crippen molar-refractivity contribution in [3.63, 3.8) is 0 Å². The molecule has 1 aliphatic heterocycles. The molecule has 5 heteroatoms. The second-order valence-electron chi connectivity index (χ2n) is 8.54. The van der Waals surface area contributed by atoms with Gasteiger partial charge in [-0.15, -0.1) is 0 Å². The Bertz CT molecular complexity index is 913. The highest BCUT2D eigenvalue weighted by atomic mass is 16.5. The van der Waals surface area contributed by atoms with Gasteiger partial charge in [0.05, 0.1) is 17.3 Å². The lowest BCUT2D eigenvalue weighted by atomic mass is 9.83. The zero-order valence-electron chi connectivity index (χ0n) is 17.7. The van der Waals surface area contributed by atoms with Crippen molar-refractivity contribution in [2.75, 3.05) is 25.1 Å². The summed E-state index contributed by atoms with van der Waals surface area (Å²) in [4.78, 5) is 7.04. The Balaban J connectivity index is 1.64. The fourth-order valence-electron chi connectivity index (χ4n) is 4.38. The van der Waals surface area contributed by atoms with Gasteiger partial charge >= 0.3 is 0 Å². The average molecular weight is 406 g/mol. The minimum Gasteiger partial charge on any atom is -0.388 e. The number of nitrogens with zero attached hydrogens (tertiary/aromatic N) is 2. The summed E-state index contributed by atoms with van der Waals surface area (Å²) in [5, 5.41) is 10.2. The number of aromatic nitrogens is 1. The van der Waals surface area contributed by atoms with Crippen molar-refractivity contribution in [2.45, 2.75) is 56.3 Å². The molecule has 1 saturated carbocycles. The Hall–Kier alpha value is -2.39. The molecule has 0 radical (unpaired) electrons. The molecule has 1 aromatic carbocycles. The second kappa shape index (κ2) is 9.18. The number of methoxy groups -OCH3 is 1. The van der Waals surface area contributed by atoms with E-state index in [1.165, 1.54) is 12.0 Å². The molecule has 4 rings (SSSR count). The lowest BCUT2D eigenvalue weighted by molar-refractivity contribution is 0.0217. The van der Waals surface area contributed by atoms with E-state index in [2.05, 4.69) is 28.9 Å². The van der Waals surface area contributed by atoms with Crippen molar-refractivity contribution in [1.82, 2.24) is 4.98 Å². The van der Waals surface area contributed by atoms with Gasteiger partial charge in [-0.3, -0.25) is 0 Å². The highest BCUT2D eigenvalue weighted by Crippen LogP contribution is 2.26. The topological polar surface area (TPSA) is 71.6 Å². The number of hydrogen-bond acceptors (Lipinski definition) is 5. The van der Waals surface area contributed by atoms with Crippen LogP contribution in [0, 0.1) is 11.8 Å². The van der Waals surface area contributed by atoms with E-state index in [1.807, 2.05) is 30.3 Å². The highest BCUT2D eigenvalue weighted by Gasteiger charge is 2.32. The Morgan fingerprint density at radius 2 is 1.90 bits per heavy atom. The van der Waals surface area contributed by atoms with E-state index in [4.69, 9.17) is 15.5 Å². The normalized spacial score (nSPS) is 23.1. The van der Waals surface area contributed by atoms with Crippen LogP contribution in [0.4, 0.5) is 5.82 Å². The first-order valence-corrected chi connectivity index (χ1v) is 10.9. The molecule has 1 aliphatic carbocycles. The van der Waals surface area contributed by atoms with Crippen molar-refractivity contribution in [3.8, 4) is 11.8 Å². The maximum absolute atomic E-state index is 10.2. The largest absolute Gasteiger partial charge is 0.388 e. The molecule has 2 aromatic rings. The van der Waals surface area contributed by atoms with E-state index in [9.17, 15) is 5.11 Å². The van der Waals surface area contributed by atoms with Crippen molar-refractivity contribution in [3.05, 3.63) is 59.3 Å². The van der Waals surface area contributed by atoms with Crippen LogP contribution in [0.3, 0.4) is 0 Å². The molecule has 158 valence electrons. The molecule has 2 aliphatic rings. The molecule has 1 aromatic heterocycles. The van der Waals surface area contributed by atoms with E-state index in [1.54, 1.807) is 7.11 Å². The molecule has 2 fully saturated rings. The van der Waals surface area contributed by atoms with Gasteiger partial charge in [0, 0.05) is 32.2 Å². The summed E-state index contributed by atoms with van der Waals surface area (Å²) in [6.45, 7) is 1.15. The lowest BCUT2D eigenvalue weighted by Gasteiger charge is -2.27. The summed E-state index contributed by atoms with van der Waals surface area (Å²) in [6, 6.07) is 14.4. The van der Waals surface area contributed by atoms with Gasteiger partial charge in [0.25, 0.3) is 0 Å². The zero-order valence-corrected chi connectivity index (χ0v) is 17.7. The predicted molar refractivity (Wildman–Crippen MR) is 119 cm³/mol. The van der Waals surface area contributed by atoms with E-state index >= 15 is 0 Å². The number of nitrogens with two attached hydrogens (primary N) is 1. The van der Waals surface area contributed by atoms with Gasteiger partial charge in [-0.2, -0.15) is 0 Å². The summed E-state index contributed by atoms with van der Waals surface area (Å²) >= 11 is 0. The number of benzene rings is 1. The summed E-state index contributed by atoms with van der Waals surface area (Å²) in [5.74, 6) is 7.58. The Morgan fingerprint density at radius 3 is 2.60 bits per heavy atom. The smallest absolute Gasteiger partial charge is 0.129 e. The maximum Gasteiger partial charge on any atom is 0.129 e. The molecule has 2 atom stereocenters. The van der Waals surface area contributed by atoms with Gasteiger partial charge in [0.2, 0.25) is 0 Å². The molecule has 3 N–H and O–H groups in total. The van der Waals surface area contributed by atoms with E-state index in [0.29, 0.717) is 19.5 Å². The van der Waals surface area contributed by atoms with Crippen molar-refractivity contribution in [1.29, 1.82) is 0 Å². The van der Waals surface area contributed by atoms with E-state index < -0.39 is 6.10 Å². The van der Waals surface area contributed by atoms with E-state index in [0.717, 1.165) is 42.8 Å². The molecular weight excluding hydrogens is 374 g/mol. The molecular formula is C25H31N3O2. The van der Waals surface area contributed by atoms with Gasteiger partial charge in [-0.1, -0.05) is 61.4 Å².